The number of pyridine rings is 1. The van der Waals surface area contributed by atoms with Crippen LogP contribution in [0.15, 0.2) is 53.6 Å². The lowest BCUT2D eigenvalue weighted by atomic mass is 9.74. The highest BCUT2D eigenvalue weighted by Gasteiger charge is 2.36. The number of fused-ring (bicyclic) bond motifs is 1. The number of rotatable bonds is 3. The minimum Gasteiger partial charge on any atom is -0.345 e. The van der Waals surface area contributed by atoms with E-state index in [4.69, 9.17) is 0 Å². The smallest absolute Gasteiger partial charge is 0.260 e. The van der Waals surface area contributed by atoms with Gasteiger partial charge in [-0.15, -0.1) is 0 Å². The molecule has 1 atom stereocenters. The van der Waals surface area contributed by atoms with Crippen LogP contribution < -0.4 is 10.9 Å². The van der Waals surface area contributed by atoms with Crippen LogP contribution in [0.4, 0.5) is 0 Å². The highest BCUT2D eigenvalue weighted by atomic mass is 16.2. The van der Waals surface area contributed by atoms with Crippen molar-refractivity contribution in [1.29, 1.82) is 0 Å². The van der Waals surface area contributed by atoms with Crippen LogP contribution in [0.2, 0.25) is 0 Å². The predicted octanol–water partition coefficient (Wildman–Crippen LogP) is 3.31. The second-order valence-corrected chi connectivity index (χ2v) is 8.28. The van der Waals surface area contributed by atoms with Gasteiger partial charge in [-0.3, -0.25) is 9.59 Å². The third-order valence-electron chi connectivity index (χ3n) is 5.33. The topological polar surface area (TPSA) is 79.8 Å². The Morgan fingerprint density at radius 2 is 2.00 bits per heavy atom. The minimum atomic E-state index is -0.384. The zero-order valence-corrected chi connectivity index (χ0v) is 16.3. The molecule has 1 aliphatic rings. The summed E-state index contributed by atoms with van der Waals surface area (Å²) in [7, 11) is 0. The number of hydrogen-bond donors (Lipinski definition) is 2. The summed E-state index contributed by atoms with van der Waals surface area (Å²) < 4.78 is 1.96. The molecular weight excluding hydrogens is 352 g/mol. The van der Waals surface area contributed by atoms with Crippen LogP contribution in [0.1, 0.15) is 53.5 Å². The highest BCUT2D eigenvalue weighted by Crippen LogP contribution is 2.41. The van der Waals surface area contributed by atoms with E-state index in [1.54, 1.807) is 12.1 Å². The van der Waals surface area contributed by atoms with Gasteiger partial charge in [0, 0.05) is 11.8 Å². The number of nitrogens with one attached hydrogen (secondary N) is 2. The normalized spacial score (nSPS) is 17.8. The van der Waals surface area contributed by atoms with Crippen molar-refractivity contribution in [3.8, 4) is 5.69 Å². The first-order chi connectivity index (χ1) is 13.3. The Balaban J connectivity index is 1.70. The molecule has 6 nitrogen and oxygen atoms in total. The second-order valence-electron chi connectivity index (χ2n) is 8.28. The Labute approximate surface area is 163 Å². The molecule has 6 heteroatoms. The number of aryl methyl sites for hydroxylation is 1. The van der Waals surface area contributed by atoms with Crippen LogP contribution >= 0.6 is 0 Å². The fourth-order valence-corrected chi connectivity index (χ4v) is 3.92. The Morgan fingerprint density at radius 3 is 2.71 bits per heavy atom. The molecule has 0 saturated heterocycles. The minimum absolute atomic E-state index is 0.00344. The van der Waals surface area contributed by atoms with Crippen LogP contribution in [-0.2, 0) is 6.42 Å². The van der Waals surface area contributed by atoms with E-state index in [0.29, 0.717) is 0 Å². The standard InChI is InChI=1S/C22H24N4O2/c1-14-6-8-15(9-7-14)26-19-12-22(2,3)11-18(17(19)13-24-26)25-21(28)16-5-4-10-23-20(16)27/h4-10,13,18H,11-12H2,1-3H3,(H,23,27)(H,25,28). The van der Waals surface area contributed by atoms with E-state index >= 15 is 0 Å². The first-order valence-corrected chi connectivity index (χ1v) is 9.46. The zero-order chi connectivity index (χ0) is 19.9. The fraction of sp³-hybridized carbons (Fsp3) is 0.318. The third-order valence-corrected chi connectivity index (χ3v) is 5.33. The van der Waals surface area contributed by atoms with Crippen molar-refractivity contribution < 1.29 is 4.79 Å². The summed E-state index contributed by atoms with van der Waals surface area (Å²) in [6.07, 6.45) is 5.02. The van der Waals surface area contributed by atoms with Gasteiger partial charge in [0.15, 0.2) is 0 Å². The summed E-state index contributed by atoms with van der Waals surface area (Å²) in [4.78, 5) is 27.2. The predicted molar refractivity (Wildman–Crippen MR) is 108 cm³/mol. The van der Waals surface area contributed by atoms with Crippen LogP contribution in [0.25, 0.3) is 5.69 Å². The Hall–Kier alpha value is -3.15. The first-order valence-electron chi connectivity index (χ1n) is 9.46. The van der Waals surface area contributed by atoms with Crippen molar-refractivity contribution >= 4 is 5.91 Å². The van der Waals surface area contributed by atoms with Crippen LogP contribution in [0.3, 0.4) is 0 Å². The number of carbonyl (C=O) groups excluding carboxylic acids is 1. The molecule has 1 aliphatic carbocycles. The maximum atomic E-state index is 12.7. The van der Waals surface area contributed by atoms with Gasteiger partial charge in [0.1, 0.15) is 5.56 Å². The van der Waals surface area contributed by atoms with Crippen LogP contribution in [0.5, 0.6) is 0 Å². The summed E-state index contributed by atoms with van der Waals surface area (Å²) in [5.74, 6) is -0.362. The number of aromatic nitrogens is 3. The van der Waals surface area contributed by atoms with Crippen LogP contribution in [0, 0.1) is 12.3 Å². The molecule has 0 saturated carbocycles. The lowest BCUT2D eigenvalue weighted by molar-refractivity contribution is 0.0917. The number of aromatic amines is 1. The zero-order valence-electron chi connectivity index (χ0n) is 16.3. The molecule has 1 unspecified atom stereocenters. The summed E-state index contributed by atoms with van der Waals surface area (Å²) >= 11 is 0. The van der Waals surface area contributed by atoms with E-state index in [-0.39, 0.29) is 28.5 Å². The van der Waals surface area contributed by atoms with E-state index in [1.807, 2.05) is 10.9 Å². The summed E-state index contributed by atoms with van der Waals surface area (Å²) in [5.41, 5.74) is 4.06. The molecular formula is C22H24N4O2. The molecule has 2 aromatic heterocycles. The van der Waals surface area contributed by atoms with Gasteiger partial charge in [0.05, 0.1) is 23.6 Å². The molecule has 0 aliphatic heterocycles. The quantitative estimate of drug-likeness (QED) is 0.736. The Morgan fingerprint density at radius 1 is 1.25 bits per heavy atom. The molecule has 28 heavy (non-hydrogen) atoms. The molecule has 0 fully saturated rings. The number of carbonyl (C=O) groups is 1. The van der Waals surface area contributed by atoms with E-state index in [1.165, 1.54) is 11.8 Å². The second kappa shape index (κ2) is 6.78. The van der Waals surface area contributed by atoms with Gasteiger partial charge in [-0.05, 0) is 49.4 Å². The van der Waals surface area contributed by atoms with Gasteiger partial charge in [-0.1, -0.05) is 31.5 Å². The SMILES string of the molecule is Cc1ccc(-n2ncc3c2CC(C)(C)CC3NC(=O)c2ccc[nH]c2=O)cc1. The number of nitrogens with zero attached hydrogens (tertiary/aromatic N) is 2. The Kier molecular flexibility index (Phi) is 4.41. The summed E-state index contributed by atoms with van der Waals surface area (Å²) in [6, 6.07) is 11.3. The molecule has 0 radical (unpaired) electrons. The van der Waals surface area contributed by atoms with Gasteiger partial charge in [-0.2, -0.15) is 5.10 Å². The molecule has 144 valence electrons. The van der Waals surface area contributed by atoms with E-state index in [2.05, 4.69) is 60.4 Å². The summed E-state index contributed by atoms with van der Waals surface area (Å²) in [6.45, 7) is 6.44. The average molecular weight is 376 g/mol. The number of amides is 1. The average Bonchev–Trinajstić information content (AvgIpc) is 3.05. The fourth-order valence-electron chi connectivity index (χ4n) is 3.92. The van der Waals surface area contributed by atoms with Crippen molar-refractivity contribution in [3.63, 3.8) is 0 Å². The van der Waals surface area contributed by atoms with Crippen LogP contribution in [-0.4, -0.2) is 20.7 Å². The maximum absolute atomic E-state index is 12.7. The maximum Gasteiger partial charge on any atom is 0.260 e. The molecule has 0 spiro atoms. The highest BCUT2D eigenvalue weighted by molar-refractivity contribution is 5.94. The monoisotopic (exact) mass is 376 g/mol. The van der Waals surface area contributed by atoms with Gasteiger partial charge in [-0.25, -0.2) is 4.68 Å². The van der Waals surface area contributed by atoms with Crippen molar-refractivity contribution in [2.45, 2.75) is 39.7 Å². The Bertz CT molecular complexity index is 1080. The number of benzene rings is 1. The summed E-state index contributed by atoms with van der Waals surface area (Å²) in [5, 5.41) is 7.66. The van der Waals surface area contributed by atoms with Gasteiger partial charge < -0.3 is 10.3 Å². The number of H-pyrrole nitrogens is 1. The first kappa shape index (κ1) is 18.2. The van der Waals surface area contributed by atoms with Gasteiger partial charge in [0.25, 0.3) is 11.5 Å². The molecule has 1 amide bonds. The third kappa shape index (κ3) is 3.38. The molecule has 4 rings (SSSR count). The molecule has 2 heterocycles. The molecule has 0 bridgehead atoms. The largest absolute Gasteiger partial charge is 0.345 e. The van der Waals surface area contributed by atoms with Gasteiger partial charge >= 0.3 is 0 Å². The van der Waals surface area contributed by atoms with Crippen molar-refractivity contribution in [2.75, 3.05) is 0 Å². The number of hydrogen-bond acceptors (Lipinski definition) is 3. The lowest BCUT2D eigenvalue weighted by Crippen LogP contribution is -2.38. The van der Waals surface area contributed by atoms with Crippen molar-refractivity contribution in [2.24, 2.45) is 5.41 Å². The van der Waals surface area contributed by atoms with E-state index < -0.39 is 0 Å². The molecule has 3 aromatic rings. The van der Waals surface area contributed by atoms with Gasteiger partial charge in [0.2, 0.25) is 0 Å². The molecule has 1 aromatic carbocycles. The van der Waals surface area contributed by atoms with Crippen molar-refractivity contribution in [3.05, 3.63) is 81.5 Å². The van der Waals surface area contributed by atoms with Crippen molar-refractivity contribution in [1.82, 2.24) is 20.1 Å². The molecule has 2 N–H and O–H groups in total. The van der Waals surface area contributed by atoms with E-state index in [0.717, 1.165) is 29.8 Å². The van der Waals surface area contributed by atoms with E-state index in [9.17, 15) is 9.59 Å². The lowest BCUT2D eigenvalue weighted by Gasteiger charge is -2.36.